The summed E-state index contributed by atoms with van der Waals surface area (Å²) in [6.45, 7) is 0. The molecule has 9 heteroatoms. The van der Waals surface area contributed by atoms with Crippen molar-refractivity contribution >= 4 is 38.3 Å². The molecule has 0 spiro atoms. The van der Waals surface area contributed by atoms with Gasteiger partial charge in [0.2, 0.25) is 6.23 Å². The average molecular weight is 297 g/mol. The first-order valence-electron chi connectivity index (χ1n) is 5.47. The zero-order valence-corrected chi connectivity index (χ0v) is 11.5. The van der Waals surface area contributed by atoms with E-state index < -0.39 is 17.1 Å². The Balaban J connectivity index is 2.27. The molecule has 2 aromatic rings. The molecule has 2 rings (SSSR count). The molecule has 1 aromatic carbocycles. The van der Waals surface area contributed by atoms with Crippen LogP contribution >= 0.6 is 11.3 Å². The van der Waals surface area contributed by atoms with Gasteiger partial charge >= 0.3 is 5.97 Å². The summed E-state index contributed by atoms with van der Waals surface area (Å²) in [4.78, 5) is 25.8. The molecule has 1 aromatic heterocycles. The Bertz CT molecular complexity index is 657. The van der Waals surface area contributed by atoms with E-state index in [9.17, 15) is 14.9 Å². The third-order valence-corrected chi connectivity index (χ3v) is 3.44. The number of methoxy groups -OCH3 is 2. The van der Waals surface area contributed by atoms with Crippen molar-refractivity contribution in [3.8, 4) is 0 Å². The van der Waals surface area contributed by atoms with Crippen LogP contribution in [0, 0.1) is 10.1 Å². The van der Waals surface area contributed by atoms with E-state index in [1.807, 2.05) is 0 Å². The number of hydrogen-bond acceptors (Lipinski definition) is 8. The highest BCUT2D eigenvalue weighted by Gasteiger charge is 2.20. The molecule has 8 nitrogen and oxygen atoms in total. The number of carbonyl (C=O) groups excluding carboxylic acids is 1. The van der Waals surface area contributed by atoms with Crippen LogP contribution in [0.15, 0.2) is 18.2 Å². The molecule has 0 aliphatic heterocycles. The number of rotatable bonds is 5. The number of nitro groups is 1. The van der Waals surface area contributed by atoms with Crippen LogP contribution < -0.4 is 5.32 Å². The Morgan fingerprint density at radius 1 is 1.50 bits per heavy atom. The maximum atomic E-state index is 11.4. The van der Waals surface area contributed by atoms with Crippen LogP contribution in [0.4, 0.5) is 10.8 Å². The minimum atomic E-state index is -0.976. The number of non-ortho nitro benzene ring substituents is 1. The smallest absolute Gasteiger partial charge is 0.356 e. The molecule has 0 saturated heterocycles. The summed E-state index contributed by atoms with van der Waals surface area (Å²) in [5, 5.41) is 13.9. The molecule has 1 heterocycles. The van der Waals surface area contributed by atoms with Crippen LogP contribution in [-0.4, -0.2) is 36.3 Å². The summed E-state index contributed by atoms with van der Waals surface area (Å²) in [6, 6.07) is 4.35. The maximum Gasteiger partial charge on any atom is 0.356 e. The lowest BCUT2D eigenvalue weighted by molar-refractivity contribution is -0.384. The fraction of sp³-hybridized carbons (Fsp3) is 0.273. The molecule has 0 bridgehead atoms. The van der Waals surface area contributed by atoms with Crippen LogP contribution in [0.1, 0.15) is 0 Å². The second-order valence-electron chi connectivity index (χ2n) is 3.71. The lowest BCUT2D eigenvalue weighted by Gasteiger charge is -2.12. The SMILES string of the molecule is COC(=O)[C@H](Nc1nc2ccc([N+](=O)[O-])cc2s1)OC. The van der Waals surface area contributed by atoms with Gasteiger partial charge in [0.1, 0.15) is 0 Å². The highest BCUT2D eigenvalue weighted by atomic mass is 32.1. The topological polar surface area (TPSA) is 104 Å². The quantitative estimate of drug-likeness (QED) is 0.388. The van der Waals surface area contributed by atoms with Crippen molar-refractivity contribution in [3.05, 3.63) is 28.3 Å². The van der Waals surface area contributed by atoms with Crippen molar-refractivity contribution in [3.63, 3.8) is 0 Å². The number of aromatic nitrogens is 1. The minimum absolute atomic E-state index is 0.0102. The van der Waals surface area contributed by atoms with Crippen molar-refractivity contribution in [2.75, 3.05) is 19.5 Å². The molecule has 0 radical (unpaired) electrons. The number of carbonyl (C=O) groups is 1. The number of anilines is 1. The van der Waals surface area contributed by atoms with Gasteiger partial charge < -0.3 is 14.8 Å². The monoisotopic (exact) mass is 297 g/mol. The molecule has 106 valence electrons. The van der Waals surface area contributed by atoms with Gasteiger partial charge in [-0.25, -0.2) is 9.78 Å². The summed E-state index contributed by atoms with van der Waals surface area (Å²) in [5.41, 5.74) is 0.590. The van der Waals surface area contributed by atoms with E-state index in [0.717, 1.165) is 0 Å². The van der Waals surface area contributed by atoms with Gasteiger partial charge in [-0.1, -0.05) is 11.3 Å². The van der Waals surface area contributed by atoms with E-state index in [1.165, 1.54) is 37.7 Å². The van der Waals surface area contributed by atoms with Crippen molar-refractivity contribution in [2.45, 2.75) is 6.23 Å². The second-order valence-corrected chi connectivity index (χ2v) is 4.74. The average Bonchev–Trinajstić information content (AvgIpc) is 2.85. The molecular formula is C11H11N3O5S. The van der Waals surface area contributed by atoms with E-state index in [1.54, 1.807) is 6.07 Å². The first-order valence-corrected chi connectivity index (χ1v) is 6.29. The zero-order chi connectivity index (χ0) is 14.7. The largest absolute Gasteiger partial charge is 0.466 e. The third kappa shape index (κ3) is 2.83. The number of nitrogens with one attached hydrogen (secondary N) is 1. The second kappa shape index (κ2) is 5.80. The van der Waals surface area contributed by atoms with Gasteiger partial charge in [-0.3, -0.25) is 10.1 Å². The summed E-state index contributed by atoms with van der Waals surface area (Å²) >= 11 is 1.19. The first kappa shape index (κ1) is 14.2. The Labute approximate surface area is 117 Å². The van der Waals surface area contributed by atoms with E-state index in [0.29, 0.717) is 15.3 Å². The van der Waals surface area contributed by atoms with Crippen molar-refractivity contribution in [2.24, 2.45) is 0 Å². The molecule has 0 unspecified atom stereocenters. The first-order chi connectivity index (χ1) is 9.55. The molecule has 1 N–H and O–H groups in total. The Hall–Kier alpha value is -2.26. The lowest BCUT2D eigenvalue weighted by atomic mass is 10.3. The summed E-state index contributed by atoms with van der Waals surface area (Å²) in [7, 11) is 2.60. The number of nitro benzene ring substituents is 1. The van der Waals surface area contributed by atoms with Crippen LogP contribution in [0.25, 0.3) is 10.2 Å². The zero-order valence-electron chi connectivity index (χ0n) is 10.7. The Morgan fingerprint density at radius 3 is 2.85 bits per heavy atom. The number of fused-ring (bicyclic) bond motifs is 1. The van der Waals surface area contributed by atoms with Crippen molar-refractivity contribution in [1.29, 1.82) is 0 Å². The van der Waals surface area contributed by atoms with Crippen LogP contribution in [0.5, 0.6) is 0 Å². The molecular weight excluding hydrogens is 286 g/mol. The fourth-order valence-corrected chi connectivity index (χ4v) is 2.44. The number of ether oxygens (including phenoxy) is 2. The van der Waals surface area contributed by atoms with Gasteiger partial charge in [0, 0.05) is 19.2 Å². The van der Waals surface area contributed by atoms with E-state index in [4.69, 9.17) is 4.74 Å². The van der Waals surface area contributed by atoms with Gasteiger partial charge in [0.25, 0.3) is 5.69 Å². The summed E-state index contributed by atoms with van der Waals surface area (Å²) < 4.78 is 10.1. The molecule has 20 heavy (non-hydrogen) atoms. The normalized spacial score (nSPS) is 12.1. The highest BCUT2D eigenvalue weighted by Crippen LogP contribution is 2.29. The predicted octanol–water partition coefficient (Wildman–Crippen LogP) is 1.76. The van der Waals surface area contributed by atoms with Gasteiger partial charge in [0.15, 0.2) is 5.13 Å². The van der Waals surface area contributed by atoms with Gasteiger partial charge in [-0.2, -0.15) is 0 Å². The van der Waals surface area contributed by atoms with E-state index >= 15 is 0 Å². The van der Waals surface area contributed by atoms with Crippen molar-refractivity contribution in [1.82, 2.24) is 4.98 Å². The van der Waals surface area contributed by atoms with E-state index in [2.05, 4.69) is 15.0 Å². The van der Waals surface area contributed by atoms with Gasteiger partial charge in [0.05, 0.1) is 22.2 Å². The van der Waals surface area contributed by atoms with E-state index in [-0.39, 0.29) is 5.69 Å². The minimum Gasteiger partial charge on any atom is -0.466 e. The molecule has 0 saturated carbocycles. The standard InChI is InChI=1S/C11H11N3O5S/c1-18-9(10(15)19-2)13-11-12-7-4-3-6(14(16)17)5-8(7)20-11/h3-5,9H,1-2H3,(H,12,13)/t9-/m1/s1. The van der Waals surface area contributed by atoms with Crippen LogP contribution in [-0.2, 0) is 14.3 Å². The number of thiazole rings is 1. The molecule has 0 aliphatic rings. The highest BCUT2D eigenvalue weighted by molar-refractivity contribution is 7.22. The van der Waals surface area contributed by atoms with Gasteiger partial charge in [-0.15, -0.1) is 0 Å². The third-order valence-electron chi connectivity index (χ3n) is 2.49. The van der Waals surface area contributed by atoms with Crippen molar-refractivity contribution < 1.29 is 19.2 Å². The molecule has 1 atom stereocenters. The fourth-order valence-electron chi connectivity index (χ4n) is 1.52. The number of nitrogens with zero attached hydrogens (tertiary/aromatic N) is 2. The number of esters is 1. The van der Waals surface area contributed by atoms with Gasteiger partial charge in [-0.05, 0) is 6.07 Å². The molecule has 0 aliphatic carbocycles. The summed E-state index contributed by atoms with van der Waals surface area (Å²) in [6.07, 6.45) is -0.976. The Kier molecular flexibility index (Phi) is 4.11. The number of benzene rings is 1. The summed E-state index contributed by atoms with van der Waals surface area (Å²) in [5.74, 6) is -0.585. The maximum absolute atomic E-state index is 11.4. The lowest BCUT2D eigenvalue weighted by Crippen LogP contribution is -2.32. The number of hydrogen-bond donors (Lipinski definition) is 1. The molecule has 0 amide bonds. The Morgan fingerprint density at radius 2 is 2.25 bits per heavy atom. The molecule has 0 fully saturated rings. The van der Waals surface area contributed by atoms with Crippen LogP contribution in [0.3, 0.4) is 0 Å². The van der Waals surface area contributed by atoms with Crippen LogP contribution in [0.2, 0.25) is 0 Å². The predicted molar refractivity (Wildman–Crippen MR) is 72.7 cm³/mol.